The van der Waals surface area contributed by atoms with Gasteiger partial charge in [0.1, 0.15) is 11.5 Å². The third-order valence-electron chi connectivity index (χ3n) is 5.26. The van der Waals surface area contributed by atoms with E-state index in [1.165, 1.54) is 5.56 Å². The van der Waals surface area contributed by atoms with Crippen LogP contribution in [0.15, 0.2) is 66.7 Å². The number of hydrogen-bond acceptors (Lipinski definition) is 4. The topological polar surface area (TPSA) is 67.0 Å². The predicted molar refractivity (Wildman–Crippen MR) is 122 cm³/mol. The Labute approximate surface area is 173 Å². The normalized spacial score (nSPS) is 11.3. The van der Waals surface area contributed by atoms with Gasteiger partial charge in [0.15, 0.2) is 0 Å². The summed E-state index contributed by atoms with van der Waals surface area (Å²) < 4.78 is 5.22. The monoisotopic (exact) mass is 395 g/mol. The van der Waals surface area contributed by atoms with Gasteiger partial charge in [0.25, 0.3) is 0 Å². The van der Waals surface area contributed by atoms with Crippen LogP contribution in [0.2, 0.25) is 0 Å². The number of hydrogen-bond donors (Lipinski definition) is 2. The zero-order valence-electron chi connectivity index (χ0n) is 16.8. The molecule has 0 atom stereocenters. The minimum Gasteiger partial charge on any atom is -0.461 e. The Hall–Kier alpha value is -3.86. The number of benzene rings is 3. The van der Waals surface area contributed by atoms with Crippen LogP contribution in [0, 0.1) is 6.92 Å². The van der Waals surface area contributed by atoms with Crippen molar-refractivity contribution < 1.29 is 9.53 Å². The number of nitrogens with one attached hydrogen (secondary N) is 2. The van der Waals surface area contributed by atoms with E-state index in [0.717, 1.165) is 38.3 Å². The maximum Gasteiger partial charge on any atom is 0.354 e. The molecule has 0 saturated heterocycles. The first-order valence-electron chi connectivity index (χ1n) is 9.99. The molecule has 0 aliphatic heterocycles. The molecule has 148 valence electrons. The minimum atomic E-state index is -0.382. The Kier molecular flexibility index (Phi) is 4.36. The van der Waals surface area contributed by atoms with Crippen LogP contribution in [0.4, 0.5) is 11.5 Å². The SMILES string of the molecule is CCOC(=O)c1cc2ccc3c4ccccc4nc3c2c(Nc2ccc(C)cc2)[nH]1. The molecule has 3 aromatic carbocycles. The lowest BCUT2D eigenvalue weighted by molar-refractivity contribution is 0.0520. The number of esters is 1. The highest BCUT2D eigenvalue weighted by atomic mass is 16.5. The summed E-state index contributed by atoms with van der Waals surface area (Å²) >= 11 is 0. The lowest BCUT2D eigenvalue weighted by Gasteiger charge is -2.14. The Bertz CT molecular complexity index is 1400. The number of carbonyl (C=O) groups excluding carboxylic acids is 1. The molecule has 2 aromatic heterocycles. The lowest BCUT2D eigenvalue weighted by Crippen LogP contribution is -2.09. The van der Waals surface area contributed by atoms with Crippen LogP contribution in [0.25, 0.3) is 32.6 Å². The van der Waals surface area contributed by atoms with Crippen LogP contribution in [-0.2, 0) is 4.74 Å². The highest BCUT2D eigenvalue weighted by molar-refractivity contribution is 6.20. The predicted octanol–water partition coefficient (Wildman–Crippen LogP) is 6.10. The van der Waals surface area contributed by atoms with Gasteiger partial charge in [-0.1, -0.05) is 48.0 Å². The summed E-state index contributed by atoms with van der Waals surface area (Å²) in [6.07, 6.45) is 0. The maximum absolute atomic E-state index is 12.4. The highest BCUT2D eigenvalue weighted by Crippen LogP contribution is 2.35. The summed E-state index contributed by atoms with van der Waals surface area (Å²) in [6.45, 7) is 4.17. The number of aromatic nitrogens is 2. The van der Waals surface area contributed by atoms with E-state index in [4.69, 9.17) is 9.72 Å². The number of H-pyrrole nitrogens is 1. The Morgan fingerprint density at radius 2 is 1.83 bits per heavy atom. The molecule has 5 aromatic rings. The number of fused-ring (bicyclic) bond motifs is 5. The van der Waals surface area contributed by atoms with Crippen LogP contribution < -0.4 is 5.32 Å². The molecule has 0 aliphatic carbocycles. The van der Waals surface area contributed by atoms with E-state index in [2.05, 4.69) is 29.4 Å². The van der Waals surface area contributed by atoms with Crippen molar-refractivity contribution in [3.05, 3.63) is 78.0 Å². The van der Waals surface area contributed by atoms with Gasteiger partial charge in [0.05, 0.1) is 17.6 Å². The zero-order valence-corrected chi connectivity index (χ0v) is 16.8. The molecular formula is C25H21N3O2. The second-order valence-corrected chi connectivity index (χ2v) is 7.32. The van der Waals surface area contributed by atoms with Crippen LogP contribution in [0.5, 0.6) is 0 Å². The average molecular weight is 395 g/mol. The summed E-state index contributed by atoms with van der Waals surface area (Å²) in [5.41, 5.74) is 4.36. The molecule has 0 saturated carbocycles. The van der Waals surface area contributed by atoms with Crippen molar-refractivity contribution in [2.45, 2.75) is 13.8 Å². The molecule has 0 unspecified atom stereocenters. The van der Waals surface area contributed by atoms with Crippen LogP contribution in [0.3, 0.4) is 0 Å². The van der Waals surface area contributed by atoms with E-state index >= 15 is 0 Å². The van der Waals surface area contributed by atoms with E-state index in [1.54, 1.807) is 6.92 Å². The van der Waals surface area contributed by atoms with Gasteiger partial charge in [-0.2, -0.15) is 0 Å². The van der Waals surface area contributed by atoms with Crippen molar-refractivity contribution in [2.24, 2.45) is 0 Å². The maximum atomic E-state index is 12.4. The fourth-order valence-corrected chi connectivity index (χ4v) is 3.83. The Morgan fingerprint density at radius 1 is 1.03 bits per heavy atom. The number of nitrogens with zero attached hydrogens (tertiary/aromatic N) is 1. The van der Waals surface area contributed by atoms with Crippen molar-refractivity contribution in [3.63, 3.8) is 0 Å². The third kappa shape index (κ3) is 3.05. The molecule has 5 heteroatoms. The lowest BCUT2D eigenvalue weighted by atomic mass is 10.1. The van der Waals surface area contributed by atoms with Gasteiger partial charge in [-0.05, 0) is 43.5 Å². The van der Waals surface area contributed by atoms with E-state index in [0.29, 0.717) is 18.1 Å². The number of aryl methyl sites for hydroxylation is 1. The summed E-state index contributed by atoms with van der Waals surface area (Å²) in [5.74, 6) is 0.333. The fourth-order valence-electron chi connectivity index (χ4n) is 3.83. The molecular weight excluding hydrogens is 374 g/mol. The van der Waals surface area contributed by atoms with Gasteiger partial charge in [0, 0.05) is 21.8 Å². The third-order valence-corrected chi connectivity index (χ3v) is 5.26. The zero-order chi connectivity index (χ0) is 20.7. The number of rotatable bonds is 4. The van der Waals surface area contributed by atoms with Gasteiger partial charge >= 0.3 is 5.97 Å². The quantitative estimate of drug-likeness (QED) is 0.361. The molecule has 0 spiro atoms. The number of para-hydroxylation sites is 1. The molecule has 0 amide bonds. The van der Waals surface area contributed by atoms with Gasteiger partial charge < -0.3 is 15.0 Å². The largest absolute Gasteiger partial charge is 0.461 e. The van der Waals surface area contributed by atoms with Crippen molar-refractivity contribution in [2.75, 3.05) is 11.9 Å². The van der Waals surface area contributed by atoms with Gasteiger partial charge in [-0.25, -0.2) is 9.78 Å². The van der Waals surface area contributed by atoms with Gasteiger partial charge in [-0.3, -0.25) is 0 Å². The standard InChI is InChI=1S/C25H21N3O2/c1-3-30-25(29)21-14-16-10-13-19-18-6-4-5-7-20(18)27-23(19)22(16)24(28-21)26-17-11-8-15(2)9-12-17/h4-14,26,28H,3H2,1-2H3. The molecule has 0 bridgehead atoms. The molecule has 5 nitrogen and oxygen atoms in total. The first kappa shape index (κ1) is 18.2. The number of anilines is 2. The summed E-state index contributed by atoms with van der Waals surface area (Å²) in [4.78, 5) is 20.6. The highest BCUT2D eigenvalue weighted by Gasteiger charge is 2.16. The number of carbonyl (C=O) groups is 1. The van der Waals surface area contributed by atoms with Gasteiger partial charge in [-0.15, -0.1) is 0 Å². The second-order valence-electron chi connectivity index (χ2n) is 7.32. The molecule has 2 N–H and O–H groups in total. The van der Waals surface area contributed by atoms with Crippen LogP contribution in [0.1, 0.15) is 23.0 Å². The minimum absolute atomic E-state index is 0.320. The Morgan fingerprint density at radius 3 is 2.63 bits per heavy atom. The summed E-state index contributed by atoms with van der Waals surface area (Å²) in [5, 5.41) is 7.51. The number of pyridine rings is 1. The van der Waals surface area contributed by atoms with Crippen LogP contribution in [-0.4, -0.2) is 22.5 Å². The molecule has 0 fully saturated rings. The van der Waals surface area contributed by atoms with Crippen molar-refractivity contribution >= 4 is 50.1 Å². The molecule has 5 rings (SSSR count). The van der Waals surface area contributed by atoms with E-state index in [-0.39, 0.29) is 5.97 Å². The summed E-state index contributed by atoms with van der Waals surface area (Å²) in [7, 11) is 0. The number of aromatic amines is 1. The fraction of sp³-hybridized carbons (Fsp3) is 0.120. The first-order valence-corrected chi connectivity index (χ1v) is 9.99. The van der Waals surface area contributed by atoms with E-state index in [1.807, 2.05) is 54.6 Å². The molecule has 30 heavy (non-hydrogen) atoms. The van der Waals surface area contributed by atoms with E-state index in [9.17, 15) is 4.79 Å². The average Bonchev–Trinajstić information content (AvgIpc) is 3.14. The first-order chi connectivity index (χ1) is 14.6. The van der Waals surface area contributed by atoms with Crippen molar-refractivity contribution in [3.8, 4) is 0 Å². The van der Waals surface area contributed by atoms with Crippen molar-refractivity contribution in [1.82, 2.24) is 9.97 Å². The molecule has 0 radical (unpaired) electrons. The van der Waals surface area contributed by atoms with Crippen LogP contribution >= 0.6 is 0 Å². The second kappa shape index (κ2) is 7.19. The summed E-state index contributed by atoms with van der Waals surface area (Å²) in [6, 6.07) is 22.2. The number of ether oxygens (including phenoxy) is 1. The van der Waals surface area contributed by atoms with Crippen molar-refractivity contribution in [1.29, 1.82) is 0 Å². The Balaban J connectivity index is 1.79. The molecule has 2 heterocycles. The van der Waals surface area contributed by atoms with E-state index < -0.39 is 0 Å². The smallest absolute Gasteiger partial charge is 0.354 e. The molecule has 0 aliphatic rings. The van der Waals surface area contributed by atoms with Gasteiger partial charge in [0.2, 0.25) is 0 Å².